The fourth-order valence-electron chi connectivity index (χ4n) is 0. The average molecular weight is 164 g/mol. The van der Waals surface area contributed by atoms with E-state index in [1.807, 2.05) is 0 Å². The second kappa shape index (κ2) is 1.11. The van der Waals surface area contributed by atoms with Gasteiger partial charge in [-0.1, -0.05) is 0 Å². The van der Waals surface area contributed by atoms with E-state index in [9.17, 15) is 25.2 Å². The van der Waals surface area contributed by atoms with E-state index in [4.69, 9.17) is 0 Å². The maximum atomic E-state index is 9.87. The first-order valence-corrected chi connectivity index (χ1v) is 3.04. The number of halogens is 6. The zero-order valence-corrected chi connectivity index (χ0v) is 4.11. The van der Waals surface area contributed by atoms with Crippen LogP contribution in [0.25, 0.3) is 0 Å². The minimum Gasteiger partial charge on any atom is -0.412 e. The predicted molar refractivity (Wildman–Crippen MR) is 18.3 cm³/mol. The summed E-state index contributed by atoms with van der Waals surface area (Å²) in [7, 11) is -10.7. The quantitative estimate of drug-likeness (QED) is 0.389. The van der Waals surface area contributed by atoms with Crippen molar-refractivity contribution in [3.05, 3.63) is 0 Å². The maximum Gasteiger partial charge on any atom is 1.00 e. The van der Waals surface area contributed by atoms with Crippen LogP contribution in [0.5, 0.6) is 0 Å². The molecule has 1 nitrogen and oxygen atoms in total. The number of rotatable bonds is 0. The molecule has 0 aromatic heterocycles. The van der Waals surface area contributed by atoms with E-state index in [-0.39, 0.29) is 6.90 Å². The molecule has 0 unspecified atom stereocenters. The van der Waals surface area contributed by atoms with Crippen LogP contribution in [0.4, 0.5) is 25.2 Å². The molecule has 0 heterocycles. The molecule has 0 rings (SSSR count). The summed E-state index contributed by atoms with van der Waals surface area (Å²) in [6.45, 7) is 0. The zero-order chi connectivity index (χ0) is 6.41. The normalized spacial score (nSPS) is 20.2. The Morgan fingerprint density at radius 2 is 0.750 bits per heavy atom. The van der Waals surface area contributed by atoms with Crippen LogP contribution in [0.1, 0.15) is 1.43 Å². The molecule has 0 aliphatic rings. The molecule has 56 valence electrons. The summed E-state index contributed by atoms with van der Waals surface area (Å²) in [6, 6.07) is 0. The summed E-state index contributed by atoms with van der Waals surface area (Å²) < 4.78 is 59.2. The fraction of sp³-hybridized carbons (Fsp3) is 0. The SMILES string of the molecule is F[P-](F)(F)(F)(F)F.O.[H+]. The minimum atomic E-state index is -10.7. The number of hydrogen-bond acceptors (Lipinski definition) is 0. The molecule has 0 amide bonds. The van der Waals surface area contributed by atoms with Crippen molar-refractivity contribution in [2.24, 2.45) is 0 Å². The summed E-state index contributed by atoms with van der Waals surface area (Å²) in [5, 5.41) is 0. The molecule has 8 heavy (non-hydrogen) atoms. The van der Waals surface area contributed by atoms with Gasteiger partial charge in [0.25, 0.3) is 0 Å². The zero-order valence-electron chi connectivity index (χ0n) is 4.22. The molecule has 8 heteroatoms. The Morgan fingerprint density at radius 1 is 0.750 bits per heavy atom. The van der Waals surface area contributed by atoms with Gasteiger partial charge in [-0.3, -0.25) is 0 Å². The van der Waals surface area contributed by atoms with Crippen molar-refractivity contribution in [1.29, 1.82) is 0 Å². The summed E-state index contributed by atoms with van der Waals surface area (Å²) in [5.41, 5.74) is 0. The van der Waals surface area contributed by atoms with Crippen molar-refractivity contribution in [3.63, 3.8) is 0 Å². The van der Waals surface area contributed by atoms with Gasteiger partial charge in [0.2, 0.25) is 0 Å². The second-order valence-electron chi connectivity index (χ2n) is 0.958. The molecule has 0 saturated carbocycles. The number of hydrogen-bond donors (Lipinski definition) is 0. The van der Waals surface area contributed by atoms with Crippen LogP contribution in [-0.2, 0) is 0 Å². The first kappa shape index (κ1) is 10.9. The monoisotopic (exact) mass is 164 g/mol. The Labute approximate surface area is 41.3 Å². The maximum absolute atomic E-state index is 10.7. The van der Waals surface area contributed by atoms with Crippen molar-refractivity contribution >= 4 is 7.81 Å². The van der Waals surface area contributed by atoms with Gasteiger partial charge in [-0.25, -0.2) is 0 Å². The summed E-state index contributed by atoms with van der Waals surface area (Å²) in [5.74, 6) is 0. The van der Waals surface area contributed by atoms with Gasteiger partial charge >= 0.3 is 34.4 Å². The Bertz CT molecular complexity index is 71.6. The van der Waals surface area contributed by atoms with Gasteiger partial charge in [-0.15, -0.1) is 0 Å². The topological polar surface area (TPSA) is 31.5 Å². The molecule has 0 spiro atoms. The van der Waals surface area contributed by atoms with E-state index < -0.39 is 7.81 Å². The van der Waals surface area contributed by atoms with E-state index in [1.165, 1.54) is 0 Å². The molecule has 0 aromatic carbocycles. The third kappa shape index (κ3) is 164000. The smallest absolute Gasteiger partial charge is 0.412 e. The molecule has 0 aromatic rings. The molecule has 2 N–H and O–H groups in total. The van der Waals surface area contributed by atoms with Crippen molar-refractivity contribution < 1.29 is 32.1 Å². The third-order valence-corrected chi connectivity index (χ3v) is 0. The van der Waals surface area contributed by atoms with Gasteiger partial charge in [-0.05, 0) is 0 Å². The van der Waals surface area contributed by atoms with Crippen molar-refractivity contribution in [1.82, 2.24) is 0 Å². The molecular formula is H3F6OP. The van der Waals surface area contributed by atoms with Gasteiger partial charge in [0, 0.05) is 0 Å². The molecule has 0 atom stereocenters. The van der Waals surface area contributed by atoms with E-state index in [0.717, 1.165) is 0 Å². The van der Waals surface area contributed by atoms with Gasteiger partial charge in [0.1, 0.15) is 0 Å². The van der Waals surface area contributed by atoms with Crippen LogP contribution in [0.15, 0.2) is 0 Å². The van der Waals surface area contributed by atoms with Crippen LogP contribution < -0.4 is 0 Å². The largest absolute Gasteiger partial charge is 1.00 e. The van der Waals surface area contributed by atoms with Crippen LogP contribution >= 0.6 is 7.81 Å². The van der Waals surface area contributed by atoms with E-state index in [0.29, 0.717) is 0 Å². The van der Waals surface area contributed by atoms with E-state index in [2.05, 4.69) is 0 Å². The Balaban J connectivity index is -0.000000180. The van der Waals surface area contributed by atoms with Gasteiger partial charge < -0.3 is 5.48 Å². The molecule has 0 saturated heterocycles. The van der Waals surface area contributed by atoms with Crippen LogP contribution in [0, 0.1) is 0 Å². The molecule has 0 radical (unpaired) electrons. The summed E-state index contributed by atoms with van der Waals surface area (Å²) in [4.78, 5) is 0. The molecule has 0 aliphatic carbocycles. The van der Waals surface area contributed by atoms with Crippen LogP contribution in [0.2, 0.25) is 0 Å². The Kier molecular flexibility index (Phi) is 1.51. The van der Waals surface area contributed by atoms with Gasteiger partial charge in [0.05, 0.1) is 0 Å². The average Bonchev–Trinajstić information content (AvgIpc) is 0.592. The van der Waals surface area contributed by atoms with Crippen LogP contribution in [0.3, 0.4) is 0 Å². The standard InChI is InChI=1S/F6P.H2O/c1-7(2,3,4,5)6;/h;1H2/q-1;/p+1. The molecular weight excluding hydrogens is 161 g/mol. The second-order valence-corrected chi connectivity index (χ2v) is 2.87. The fourth-order valence-corrected chi connectivity index (χ4v) is 0. The molecule has 0 aliphatic heterocycles. The summed E-state index contributed by atoms with van der Waals surface area (Å²) >= 11 is 0. The third-order valence-electron chi connectivity index (χ3n) is 0. The van der Waals surface area contributed by atoms with Gasteiger partial charge in [0.15, 0.2) is 0 Å². The molecule has 0 fully saturated rings. The van der Waals surface area contributed by atoms with E-state index >= 15 is 0 Å². The van der Waals surface area contributed by atoms with Crippen molar-refractivity contribution in [3.8, 4) is 0 Å². The van der Waals surface area contributed by atoms with Crippen LogP contribution in [-0.4, -0.2) is 5.48 Å². The van der Waals surface area contributed by atoms with E-state index in [1.54, 1.807) is 0 Å². The van der Waals surface area contributed by atoms with Crippen molar-refractivity contribution in [2.75, 3.05) is 0 Å². The van der Waals surface area contributed by atoms with Gasteiger partial charge in [-0.2, -0.15) is 0 Å². The van der Waals surface area contributed by atoms with Crippen molar-refractivity contribution in [2.45, 2.75) is 0 Å². The first-order valence-electron chi connectivity index (χ1n) is 1.01. The first-order chi connectivity index (χ1) is 2.45. The predicted octanol–water partition coefficient (Wildman–Crippen LogP) is 2.67. The Morgan fingerprint density at radius 3 is 0.750 bits per heavy atom. The Hall–Kier alpha value is -0.0300. The summed E-state index contributed by atoms with van der Waals surface area (Å²) in [6.07, 6.45) is 0. The molecule has 0 bridgehead atoms. The minimum absolute atomic E-state index is 0.